The molecule has 5 heteroatoms. The summed E-state index contributed by atoms with van der Waals surface area (Å²) in [5.41, 5.74) is 6.39. The Kier molecular flexibility index (Phi) is 5.31. The molecule has 0 bridgehead atoms. The van der Waals surface area contributed by atoms with E-state index < -0.39 is 0 Å². The molecule has 0 amide bonds. The van der Waals surface area contributed by atoms with Gasteiger partial charge in [0.25, 0.3) is 0 Å². The third kappa shape index (κ3) is 3.82. The van der Waals surface area contributed by atoms with Crippen LogP contribution in [0.25, 0.3) is 0 Å². The molecule has 0 radical (unpaired) electrons. The van der Waals surface area contributed by atoms with Crippen LogP contribution in [-0.2, 0) is 6.54 Å². The summed E-state index contributed by atoms with van der Waals surface area (Å²) >= 11 is 0. The first-order chi connectivity index (χ1) is 15.6. The van der Waals surface area contributed by atoms with E-state index in [1.807, 2.05) is 19.9 Å². The topological polar surface area (TPSA) is 62.8 Å². The molecule has 1 N–H and O–H groups in total. The second-order valence-electron chi connectivity index (χ2n) is 8.36. The van der Waals surface area contributed by atoms with E-state index in [0.29, 0.717) is 12.4 Å². The molecule has 2 atom stereocenters. The molecule has 0 saturated carbocycles. The van der Waals surface area contributed by atoms with Crippen molar-refractivity contribution in [2.75, 3.05) is 0 Å². The predicted molar refractivity (Wildman–Crippen MR) is 128 cm³/mol. The van der Waals surface area contributed by atoms with Crippen molar-refractivity contribution in [3.05, 3.63) is 112 Å². The average molecular weight is 423 g/mol. The molecule has 5 rings (SSSR count). The van der Waals surface area contributed by atoms with Crippen LogP contribution in [0, 0.1) is 26.7 Å². The van der Waals surface area contributed by atoms with Crippen LogP contribution in [0.15, 0.2) is 93.0 Å². The van der Waals surface area contributed by atoms with Gasteiger partial charge in [-0.1, -0.05) is 77.5 Å². The Labute approximate surface area is 188 Å². The molecule has 160 valence electrons. The average Bonchev–Trinajstić information content (AvgIpc) is 3.15. The Balaban J connectivity index is 1.56. The number of allylic oxidation sites excluding steroid dienone is 3. The van der Waals surface area contributed by atoms with Gasteiger partial charge in [-0.25, -0.2) is 9.98 Å². The Bertz CT molecular complexity index is 1240. The number of aryl methyl sites for hydroxylation is 3. The van der Waals surface area contributed by atoms with Gasteiger partial charge < -0.3 is 9.84 Å². The molecule has 1 aliphatic heterocycles. The van der Waals surface area contributed by atoms with Gasteiger partial charge in [-0.2, -0.15) is 0 Å². The molecule has 1 aromatic heterocycles. The molecule has 0 spiro atoms. The molecule has 1 aliphatic carbocycles. The van der Waals surface area contributed by atoms with Crippen LogP contribution < -0.4 is 5.32 Å². The molecule has 2 aliphatic rings. The third-order valence-corrected chi connectivity index (χ3v) is 6.02. The zero-order valence-electron chi connectivity index (χ0n) is 18.5. The molecule has 3 aromatic rings. The van der Waals surface area contributed by atoms with Crippen LogP contribution >= 0.6 is 0 Å². The second-order valence-corrected chi connectivity index (χ2v) is 8.36. The van der Waals surface area contributed by atoms with E-state index in [9.17, 15) is 0 Å². The van der Waals surface area contributed by atoms with Crippen LogP contribution in [0.3, 0.4) is 0 Å². The number of nitrogens with one attached hydrogen (secondary N) is 1. The summed E-state index contributed by atoms with van der Waals surface area (Å²) in [5.74, 6) is 2.48. The Morgan fingerprint density at radius 2 is 1.81 bits per heavy atom. The maximum absolute atomic E-state index is 5.40. The number of amidine groups is 2. The summed E-state index contributed by atoms with van der Waals surface area (Å²) in [5, 5.41) is 7.73. The summed E-state index contributed by atoms with van der Waals surface area (Å²) < 4.78 is 5.40. The smallest absolute Gasteiger partial charge is 0.166 e. The quantitative estimate of drug-likeness (QED) is 0.612. The molecule has 32 heavy (non-hydrogen) atoms. The SMILES string of the molecule is Cc1cccc(C2C=CC=C3N=C(c4c(C)noc4C)N=C(NCc4ccccc4)C32)c1. The van der Waals surface area contributed by atoms with Crippen LogP contribution in [0.1, 0.15) is 39.6 Å². The molecule has 2 unspecified atom stereocenters. The Morgan fingerprint density at radius 1 is 0.969 bits per heavy atom. The lowest BCUT2D eigenvalue weighted by Crippen LogP contribution is -2.38. The largest absolute Gasteiger partial charge is 0.369 e. The number of hydrogen-bond donors (Lipinski definition) is 1. The predicted octanol–water partition coefficient (Wildman–Crippen LogP) is 5.40. The fourth-order valence-electron chi connectivity index (χ4n) is 4.45. The van der Waals surface area contributed by atoms with Gasteiger partial charge in [-0.15, -0.1) is 0 Å². The van der Waals surface area contributed by atoms with Gasteiger partial charge in [-0.05, 0) is 38.0 Å². The van der Waals surface area contributed by atoms with Crippen LogP contribution in [0.5, 0.6) is 0 Å². The summed E-state index contributed by atoms with van der Waals surface area (Å²) in [6.45, 7) is 6.66. The zero-order valence-corrected chi connectivity index (χ0v) is 18.5. The number of benzene rings is 2. The normalized spacial score (nSPS) is 19.7. The van der Waals surface area contributed by atoms with Gasteiger partial charge in [0, 0.05) is 12.5 Å². The van der Waals surface area contributed by atoms with Gasteiger partial charge in [-0.3, -0.25) is 0 Å². The maximum atomic E-state index is 5.40. The molecular formula is C27H26N4O. The van der Waals surface area contributed by atoms with Gasteiger partial charge in [0.15, 0.2) is 5.84 Å². The van der Waals surface area contributed by atoms with Crippen molar-refractivity contribution in [2.24, 2.45) is 15.9 Å². The van der Waals surface area contributed by atoms with E-state index in [1.165, 1.54) is 16.7 Å². The monoisotopic (exact) mass is 422 g/mol. The highest BCUT2D eigenvalue weighted by molar-refractivity contribution is 6.11. The van der Waals surface area contributed by atoms with Gasteiger partial charge in [0.1, 0.15) is 11.6 Å². The summed E-state index contributed by atoms with van der Waals surface area (Å²) in [4.78, 5) is 9.99. The molecule has 0 saturated heterocycles. The van der Waals surface area contributed by atoms with E-state index >= 15 is 0 Å². The van der Waals surface area contributed by atoms with Gasteiger partial charge >= 0.3 is 0 Å². The fraction of sp³-hybridized carbons (Fsp3) is 0.222. The van der Waals surface area contributed by atoms with Crippen molar-refractivity contribution < 1.29 is 4.52 Å². The highest BCUT2D eigenvalue weighted by Gasteiger charge is 2.35. The van der Waals surface area contributed by atoms with E-state index in [2.05, 4.69) is 84.2 Å². The van der Waals surface area contributed by atoms with Crippen molar-refractivity contribution >= 4 is 11.7 Å². The zero-order chi connectivity index (χ0) is 22.1. The lowest BCUT2D eigenvalue weighted by Gasteiger charge is -2.32. The van der Waals surface area contributed by atoms with Crippen molar-refractivity contribution in [3.8, 4) is 0 Å². The molecule has 5 nitrogen and oxygen atoms in total. The van der Waals surface area contributed by atoms with Gasteiger partial charge in [0.2, 0.25) is 0 Å². The van der Waals surface area contributed by atoms with Crippen LogP contribution in [0.2, 0.25) is 0 Å². The summed E-state index contributed by atoms with van der Waals surface area (Å²) in [6.07, 6.45) is 6.44. The molecule has 2 heterocycles. The first kappa shape index (κ1) is 20.2. The lowest BCUT2D eigenvalue weighted by atomic mass is 9.79. The number of rotatable bonds is 4. The first-order valence-corrected chi connectivity index (χ1v) is 10.9. The molecular weight excluding hydrogens is 396 g/mol. The first-order valence-electron chi connectivity index (χ1n) is 10.9. The minimum atomic E-state index is 0.0229. The maximum Gasteiger partial charge on any atom is 0.166 e. The van der Waals surface area contributed by atoms with Crippen LogP contribution in [0.4, 0.5) is 0 Å². The fourth-order valence-corrected chi connectivity index (χ4v) is 4.45. The minimum Gasteiger partial charge on any atom is -0.369 e. The van der Waals surface area contributed by atoms with Crippen molar-refractivity contribution in [2.45, 2.75) is 33.2 Å². The molecule has 0 fully saturated rings. The van der Waals surface area contributed by atoms with E-state index in [1.54, 1.807) is 0 Å². The standard InChI is InChI=1S/C27H26N4O/c1-17-9-7-12-21(15-17)22-13-8-14-23-25(22)26(28-16-20-10-5-4-6-11-20)30-27(29-23)24-18(2)31-32-19(24)3/h4-15,22,25H,16H2,1-3H3,(H,28,29,30). The molecule has 2 aromatic carbocycles. The summed E-state index contributed by atoms with van der Waals surface area (Å²) in [7, 11) is 0. The second kappa shape index (κ2) is 8.42. The van der Waals surface area contributed by atoms with Gasteiger partial charge in [0.05, 0.1) is 22.9 Å². The number of hydrogen-bond acceptors (Lipinski definition) is 5. The highest BCUT2D eigenvalue weighted by atomic mass is 16.5. The minimum absolute atomic E-state index is 0.0229. The van der Waals surface area contributed by atoms with Crippen LogP contribution in [-0.4, -0.2) is 16.8 Å². The summed E-state index contributed by atoms with van der Waals surface area (Å²) in [6, 6.07) is 19.1. The highest BCUT2D eigenvalue weighted by Crippen LogP contribution is 2.38. The third-order valence-electron chi connectivity index (χ3n) is 6.02. The van der Waals surface area contributed by atoms with E-state index in [-0.39, 0.29) is 11.8 Å². The Hall–Kier alpha value is -3.73. The van der Waals surface area contributed by atoms with Crippen molar-refractivity contribution in [3.63, 3.8) is 0 Å². The Morgan fingerprint density at radius 3 is 2.56 bits per heavy atom. The van der Waals surface area contributed by atoms with E-state index in [0.717, 1.165) is 28.6 Å². The number of aliphatic imine (C=N–C) groups is 2. The van der Waals surface area contributed by atoms with E-state index in [4.69, 9.17) is 14.5 Å². The number of nitrogens with zero attached hydrogens (tertiary/aromatic N) is 3. The lowest BCUT2D eigenvalue weighted by molar-refractivity contribution is 0.393. The number of aromatic nitrogens is 1. The number of fused-ring (bicyclic) bond motifs is 1. The van der Waals surface area contributed by atoms with Crippen molar-refractivity contribution in [1.29, 1.82) is 0 Å². The van der Waals surface area contributed by atoms with Crippen molar-refractivity contribution in [1.82, 2.24) is 10.5 Å².